The summed E-state index contributed by atoms with van der Waals surface area (Å²) in [6.45, 7) is 2.35. The van der Waals surface area contributed by atoms with Gasteiger partial charge in [-0.1, -0.05) is 31.5 Å². The number of rotatable bonds is 7. The Morgan fingerprint density at radius 2 is 1.83 bits per heavy atom. The van der Waals surface area contributed by atoms with Gasteiger partial charge in [0.15, 0.2) is 5.69 Å². The molecule has 0 atom stereocenters. The summed E-state index contributed by atoms with van der Waals surface area (Å²) in [6, 6.07) is 14.9. The second-order valence-electron chi connectivity index (χ2n) is 6.85. The van der Waals surface area contributed by atoms with Crippen molar-refractivity contribution in [3.63, 3.8) is 0 Å². The third kappa shape index (κ3) is 5.30. The second-order valence-corrected chi connectivity index (χ2v) is 7.81. The molecular formula is C23H24N2O4S. The number of fused-ring (bicyclic) bond motifs is 1. The molecule has 0 fully saturated rings. The summed E-state index contributed by atoms with van der Waals surface area (Å²) in [6.07, 6.45) is 3.30. The number of pyridine rings is 1. The highest BCUT2D eigenvalue weighted by Crippen LogP contribution is 2.34. The van der Waals surface area contributed by atoms with Gasteiger partial charge >= 0.3 is 5.97 Å². The number of carbonyl (C=O) groups excluding carboxylic acids is 2. The number of thioether (sulfide) groups is 1. The van der Waals surface area contributed by atoms with Gasteiger partial charge in [0.1, 0.15) is 11.5 Å². The van der Waals surface area contributed by atoms with Gasteiger partial charge in [0.05, 0.1) is 11.5 Å². The maximum Gasteiger partial charge on any atom is 0.358 e. The third-order valence-electron chi connectivity index (χ3n) is 4.27. The van der Waals surface area contributed by atoms with Gasteiger partial charge in [-0.25, -0.2) is 9.78 Å². The van der Waals surface area contributed by atoms with E-state index in [0.717, 1.165) is 41.1 Å². The molecule has 3 aromatic rings. The van der Waals surface area contributed by atoms with Crippen LogP contribution in [0.4, 0.5) is 4.79 Å². The molecule has 1 heterocycles. The standard InChI is InChI=1S/C23H24N2O4S/c1-4-5-13-28-22(26)20-21(30-23(27)25(2)3)19-12-11-18(14-16(19)15-24-20)29-17-9-7-6-8-10-17/h6-12,14-15H,4-5,13H2,1-3H3. The number of nitrogens with zero attached hydrogens (tertiary/aromatic N) is 2. The first-order valence-corrected chi connectivity index (χ1v) is 10.5. The van der Waals surface area contributed by atoms with E-state index in [9.17, 15) is 9.59 Å². The summed E-state index contributed by atoms with van der Waals surface area (Å²) in [5.41, 5.74) is 0.149. The van der Waals surface area contributed by atoms with Crippen molar-refractivity contribution in [1.29, 1.82) is 0 Å². The van der Waals surface area contributed by atoms with Crippen LogP contribution in [0.2, 0.25) is 0 Å². The van der Waals surface area contributed by atoms with Crippen LogP contribution in [0.15, 0.2) is 59.6 Å². The lowest BCUT2D eigenvalue weighted by molar-refractivity contribution is 0.0489. The molecular weight excluding hydrogens is 400 g/mol. The fraction of sp³-hybridized carbons (Fsp3) is 0.261. The second kappa shape index (κ2) is 10.1. The molecule has 0 bridgehead atoms. The predicted octanol–water partition coefficient (Wildman–Crippen LogP) is 5.76. The highest BCUT2D eigenvalue weighted by Gasteiger charge is 2.22. The van der Waals surface area contributed by atoms with Crippen molar-refractivity contribution < 1.29 is 19.1 Å². The Kier molecular flexibility index (Phi) is 7.30. The zero-order chi connectivity index (χ0) is 21.5. The average Bonchev–Trinajstić information content (AvgIpc) is 2.74. The Balaban J connectivity index is 1.98. The Bertz CT molecular complexity index is 1040. The highest BCUT2D eigenvalue weighted by molar-refractivity contribution is 8.13. The molecule has 0 N–H and O–H groups in total. The first-order valence-electron chi connectivity index (χ1n) is 9.71. The van der Waals surface area contributed by atoms with Gasteiger partial charge in [-0.2, -0.15) is 0 Å². The van der Waals surface area contributed by atoms with E-state index < -0.39 is 5.97 Å². The van der Waals surface area contributed by atoms with Crippen LogP contribution in [0.1, 0.15) is 30.3 Å². The highest BCUT2D eigenvalue weighted by atomic mass is 32.2. The van der Waals surface area contributed by atoms with Gasteiger partial charge in [-0.3, -0.25) is 4.79 Å². The van der Waals surface area contributed by atoms with Crippen molar-refractivity contribution in [1.82, 2.24) is 9.88 Å². The summed E-state index contributed by atoms with van der Waals surface area (Å²) in [5.74, 6) is 0.839. The van der Waals surface area contributed by atoms with Gasteiger partial charge in [0.25, 0.3) is 5.24 Å². The zero-order valence-electron chi connectivity index (χ0n) is 17.3. The Morgan fingerprint density at radius 3 is 2.53 bits per heavy atom. The molecule has 0 aliphatic rings. The van der Waals surface area contributed by atoms with Gasteiger partial charge < -0.3 is 14.4 Å². The quantitative estimate of drug-likeness (QED) is 0.273. The van der Waals surface area contributed by atoms with E-state index >= 15 is 0 Å². The molecule has 0 aliphatic heterocycles. The van der Waals surface area contributed by atoms with Gasteiger partial charge in [-0.05, 0) is 48.5 Å². The number of carbonyl (C=O) groups is 2. The number of para-hydroxylation sites is 1. The van der Waals surface area contributed by atoms with Crippen molar-refractivity contribution in [2.45, 2.75) is 24.7 Å². The normalized spacial score (nSPS) is 10.6. The minimum atomic E-state index is -0.524. The first-order chi connectivity index (χ1) is 14.5. The van der Waals surface area contributed by atoms with Gasteiger partial charge in [0.2, 0.25) is 0 Å². The maximum absolute atomic E-state index is 12.6. The average molecular weight is 425 g/mol. The number of amides is 1. The molecule has 0 radical (unpaired) electrons. The van der Waals surface area contributed by atoms with Crippen molar-refractivity contribution in [3.05, 3.63) is 60.4 Å². The smallest absolute Gasteiger partial charge is 0.358 e. The van der Waals surface area contributed by atoms with Crippen molar-refractivity contribution in [2.75, 3.05) is 20.7 Å². The van der Waals surface area contributed by atoms with Crippen LogP contribution in [0.3, 0.4) is 0 Å². The van der Waals surface area contributed by atoms with E-state index in [2.05, 4.69) is 4.98 Å². The van der Waals surface area contributed by atoms with Crippen LogP contribution >= 0.6 is 11.8 Å². The number of unbranched alkanes of at least 4 members (excludes halogenated alkanes) is 1. The lowest BCUT2D eigenvalue weighted by atomic mass is 10.1. The topological polar surface area (TPSA) is 68.7 Å². The van der Waals surface area contributed by atoms with Crippen molar-refractivity contribution in [2.24, 2.45) is 0 Å². The molecule has 0 saturated heterocycles. The van der Waals surface area contributed by atoms with Crippen LogP contribution in [0.5, 0.6) is 11.5 Å². The lowest BCUT2D eigenvalue weighted by Crippen LogP contribution is -2.17. The molecule has 7 heteroatoms. The molecule has 6 nitrogen and oxygen atoms in total. The summed E-state index contributed by atoms with van der Waals surface area (Å²) < 4.78 is 11.2. The molecule has 156 valence electrons. The van der Waals surface area contributed by atoms with Crippen LogP contribution in [0, 0.1) is 0 Å². The van der Waals surface area contributed by atoms with E-state index in [1.165, 1.54) is 4.90 Å². The van der Waals surface area contributed by atoms with Crippen LogP contribution < -0.4 is 4.74 Å². The fourth-order valence-corrected chi connectivity index (χ4v) is 3.55. The lowest BCUT2D eigenvalue weighted by Gasteiger charge is -2.14. The van der Waals surface area contributed by atoms with Crippen molar-refractivity contribution >= 4 is 33.7 Å². The van der Waals surface area contributed by atoms with Crippen molar-refractivity contribution in [3.8, 4) is 11.5 Å². The minimum Gasteiger partial charge on any atom is -0.461 e. The van der Waals surface area contributed by atoms with Gasteiger partial charge in [-0.15, -0.1) is 0 Å². The van der Waals surface area contributed by atoms with Gasteiger partial charge in [0, 0.05) is 31.1 Å². The molecule has 0 aliphatic carbocycles. The number of esters is 1. The minimum absolute atomic E-state index is 0.149. The van der Waals surface area contributed by atoms with E-state index in [1.54, 1.807) is 20.3 Å². The van der Waals surface area contributed by atoms with Crippen LogP contribution in [-0.2, 0) is 4.74 Å². The fourth-order valence-electron chi connectivity index (χ4n) is 2.67. The number of hydrogen-bond donors (Lipinski definition) is 0. The molecule has 0 spiro atoms. The Hall–Kier alpha value is -3.06. The molecule has 3 rings (SSSR count). The predicted molar refractivity (Wildman–Crippen MR) is 118 cm³/mol. The SMILES string of the molecule is CCCCOC(=O)c1ncc2cc(Oc3ccccc3)ccc2c1SC(=O)N(C)C. The molecule has 1 aromatic heterocycles. The molecule has 30 heavy (non-hydrogen) atoms. The number of benzene rings is 2. The maximum atomic E-state index is 12.6. The summed E-state index contributed by atoms with van der Waals surface area (Å²) >= 11 is 0.968. The first kappa shape index (κ1) is 21.6. The number of aromatic nitrogens is 1. The van der Waals surface area contributed by atoms with E-state index in [-0.39, 0.29) is 10.9 Å². The largest absolute Gasteiger partial charge is 0.461 e. The number of ether oxygens (including phenoxy) is 2. The number of hydrogen-bond acceptors (Lipinski definition) is 6. The summed E-state index contributed by atoms with van der Waals surface area (Å²) in [4.78, 5) is 31.2. The van der Waals surface area contributed by atoms with Crippen LogP contribution in [-0.4, -0.2) is 41.8 Å². The third-order valence-corrected chi connectivity index (χ3v) is 5.43. The Morgan fingerprint density at radius 1 is 1.07 bits per heavy atom. The molecule has 0 saturated carbocycles. The van der Waals surface area contributed by atoms with E-state index in [4.69, 9.17) is 9.47 Å². The molecule has 2 aromatic carbocycles. The monoisotopic (exact) mass is 424 g/mol. The summed E-state index contributed by atoms with van der Waals surface area (Å²) in [5, 5.41) is 1.31. The van der Waals surface area contributed by atoms with Crippen LogP contribution in [0.25, 0.3) is 10.8 Å². The van der Waals surface area contributed by atoms with E-state index in [1.807, 2.05) is 55.5 Å². The van der Waals surface area contributed by atoms with E-state index in [0.29, 0.717) is 17.3 Å². The molecule has 0 unspecified atom stereocenters. The zero-order valence-corrected chi connectivity index (χ0v) is 18.1. The molecule has 1 amide bonds. The Labute approximate surface area is 180 Å². The summed E-state index contributed by atoms with van der Waals surface area (Å²) in [7, 11) is 3.33.